The number of hydrogen-bond acceptors (Lipinski definition) is 5. The Morgan fingerprint density at radius 2 is 2.10 bits per heavy atom. The summed E-state index contributed by atoms with van der Waals surface area (Å²) in [7, 11) is 0. The molecule has 0 aliphatic carbocycles. The second-order valence-corrected chi connectivity index (χ2v) is 4.72. The molecule has 2 N–H and O–H groups in total. The fourth-order valence-electron chi connectivity index (χ4n) is 2.26. The molecule has 0 spiro atoms. The Morgan fingerprint density at radius 3 is 2.85 bits per heavy atom. The van der Waals surface area contributed by atoms with E-state index in [-0.39, 0.29) is 5.82 Å². The molecule has 102 valence electrons. The summed E-state index contributed by atoms with van der Waals surface area (Å²) in [5.74, 6) is -0.140. The number of rotatable bonds is 4. The average Bonchev–Trinajstić information content (AvgIpc) is 2.93. The van der Waals surface area contributed by atoms with E-state index in [9.17, 15) is 10.1 Å². The van der Waals surface area contributed by atoms with Crippen LogP contribution in [0.15, 0.2) is 36.5 Å². The standard InChI is InChI=1S/C14H14N4O2/c19-18(20)14-4-3-13(9-17-14)16-6-10-1-2-11-7-15-8-12(11)5-10/h1-5,9,15-16H,6-8H2. The van der Waals surface area contributed by atoms with Gasteiger partial charge in [-0.05, 0) is 32.7 Å². The molecule has 2 heterocycles. The number of nitrogens with zero attached hydrogens (tertiary/aromatic N) is 2. The zero-order chi connectivity index (χ0) is 13.9. The van der Waals surface area contributed by atoms with Gasteiger partial charge in [-0.15, -0.1) is 0 Å². The molecule has 6 nitrogen and oxygen atoms in total. The Morgan fingerprint density at radius 1 is 1.25 bits per heavy atom. The first kappa shape index (κ1) is 12.6. The number of fused-ring (bicyclic) bond motifs is 1. The lowest BCUT2D eigenvalue weighted by Crippen LogP contribution is -2.01. The van der Waals surface area contributed by atoms with E-state index >= 15 is 0 Å². The normalized spacial score (nSPS) is 13.0. The molecular weight excluding hydrogens is 256 g/mol. The highest BCUT2D eigenvalue weighted by Crippen LogP contribution is 2.18. The van der Waals surface area contributed by atoms with Crippen LogP contribution in [0, 0.1) is 10.1 Å². The van der Waals surface area contributed by atoms with E-state index in [1.54, 1.807) is 6.07 Å². The molecule has 2 aromatic rings. The van der Waals surface area contributed by atoms with Gasteiger partial charge in [0, 0.05) is 25.7 Å². The number of hydrogen-bond donors (Lipinski definition) is 2. The monoisotopic (exact) mass is 270 g/mol. The number of nitro groups is 1. The number of pyridine rings is 1. The van der Waals surface area contributed by atoms with E-state index in [0.29, 0.717) is 6.54 Å². The minimum Gasteiger partial charge on any atom is -0.378 e. The molecule has 1 aromatic heterocycles. The summed E-state index contributed by atoms with van der Waals surface area (Å²) in [6, 6.07) is 9.48. The topological polar surface area (TPSA) is 80.1 Å². The number of nitrogens with one attached hydrogen (secondary N) is 2. The molecule has 1 aliphatic rings. The second-order valence-electron chi connectivity index (χ2n) is 4.72. The lowest BCUT2D eigenvalue weighted by Gasteiger charge is -2.06. The Hall–Kier alpha value is -2.47. The summed E-state index contributed by atoms with van der Waals surface area (Å²) in [5, 5.41) is 17.0. The number of aromatic nitrogens is 1. The van der Waals surface area contributed by atoms with E-state index in [1.165, 1.54) is 29.0 Å². The predicted octanol–water partition coefficient (Wildman–Crippen LogP) is 2.21. The average molecular weight is 270 g/mol. The van der Waals surface area contributed by atoms with Crippen LogP contribution in [-0.4, -0.2) is 9.91 Å². The van der Waals surface area contributed by atoms with Gasteiger partial charge in [-0.25, -0.2) is 0 Å². The molecule has 6 heteroatoms. The highest BCUT2D eigenvalue weighted by molar-refractivity contribution is 5.44. The van der Waals surface area contributed by atoms with Crippen LogP contribution in [0.1, 0.15) is 16.7 Å². The SMILES string of the molecule is O=[N+]([O-])c1ccc(NCc2ccc3c(c2)CNC3)cn1. The van der Waals surface area contributed by atoms with E-state index < -0.39 is 4.92 Å². The molecule has 0 bridgehead atoms. The first-order chi connectivity index (χ1) is 9.72. The first-order valence-electron chi connectivity index (χ1n) is 6.38. The van der Waals surface area contributed by atoms with E-state index in [2.05, 4.69) is 33.8 Å². The summed E-state index contributed by atoms with van der Waals surface area (Å²) in [6.45, 7) is 2.53. The van der Waals surface area contributed by atoms with Crippen molar-refractivity contribution in [2.75, 3.05) is 5.32 Å². The lowest BCUT2D eigenvalue weighted by molar-refractivity contribution is -0.389. The quantitative estimate of drug-likeness (QED) is 0.657. The third-order valence-electron chi connectivity index (χ3n) is 3.33. The molecule has 0 saturated heterocycles. The van der Waals surface area contributed by atoms with Gasteiger partial charge >= 0.3 is 5.82 Å². The van der Waals surface area contributed by atoms with Crippen LogP contribution in [0.2, 0.25) is 0 Å². The largest absolute Gasteiger partial charge is 0.378 e. The van der Waals surface area contributed by atoms with Gasteiger partial charge in [-0.2, -0.15) is 0 Å². The molecule has 1 aromatic carbocycles. The fourth-order valence-corrected chi connectivity index (χ4v) is 2.26. The molecule has 3 rings (SSSR count). The maximum absolute atomic E-state index is 10.5. The van der Waals surface area contributed by atoms with Crippen LogP contribution in [0.25, 0.3) is 0 Å². The molecule has 0 unspecified atom stereocenters. The van der Waals surface area contributed by atoms with Crippen molar-refractivity contribution < 1.29 is 4.92 Å². The Balaban J connectivity index is 1.65. The fraction of sp³-hybridized carbons (Fsp3) is 0.214. The van der Waals surface area contributed by atoms with Crippen LogP contribution in [0.3, 0.4) is 0 Å². The minimum atomic E-state index is -0.503. The van der Waals surface area contributed by atoms with Gasteiger partial charge in [-0.1, -0.05) is 18.2 Å². The second kappa shape index (κ2) is 5.26. The van der Waals surface area contributed by atoms with Crippen molar-refractivity contribution in [1.82, 2.24) is 10.3 Å². The smallest absolute Gasteiger partial charge is 0.363 e. The van der Waals surface area contributed by atoms with Gasteiger partial charge in [-0.3, -0.25) is 0 Å². The molecule has 0 atom stereocenters. The van der Waals surface area contributed by atoms with Gasteiger partial charge in [0.2, 0.25) is 0 Å². The minimum absolute atomic E-state index is 0.140. The summed E-state index contributed by atoms with van der Waals surface area (Å²) >= 11 is 0. The van der Waals surface area contributed by atoms with Crippen LogP contribution in [0.4, 0.5) is 11.5 Å². The predicted molar refractivity (Wildman–Crippen MR) is 75.2 cm³/mol. The Bertz CT molecular complexity index is 640. The van der Waals surface area contributed by atoms with E-state index in [1.807, 2.05) is 0 Å². The Kier molecular flexibility index (Phi) is 3.30. The van der Waals surface area contributed by atoms with Gasteiger partial charge in [0.05, 0.1) is 5.69 Å². The van der Waals surface area contributed by atoms with Crippen molar-refractivity contribution in [3.8, 4) is 0 Å². The van der Waals surface area contributed by atoms with Gasteiger partial charge in [0.1, 0.15) is 0 Å². The maximum atomic E-state index is 10.5. The lowest BCUT2D eigenvalue weighted by atomic mass is 10.1. The third kappa shape index (κ3) is 2.60. The van der Waals surface area contributed by atoms with Gasteiger partial charge in [0.25, 0.3) is 0 Å². The summed E-state index contributed by atoms with van der Waals surface area (Å²) in [6.07, 6.45) is 1.48. The van der Waals surface area contributed by atoms with Crippen LogP contribution in [0.5, 0.6) is 0 Å². The molecule has 0 fully saturated rings. The van der Waals surface area contributed by atoms with Crippen LogP contribution < -0.4 is 10.6 Å². The molecule has 0 saturated carbocycles. The van der Waals surface area contributed by atoms with E-state index in [0.717, 1.165) is 18.8 Å². The van der Waals surface area contributed by atoms with Crippen molar-refractivity contribution in [3.05, 3.63) is 63.3 Å². The van der Waals surface area contributed by atoms with E-state index in [4.69, 9.17) is 0 Å². The first-order valence-corrected chi connectivity index (χ1v) is 6.38. The zero-order valence-corrected chi connectivity index (χ0v) is 10.8. The van der Waals surface area contributed by atoms with Crippen molar-refractivity contribution in [3.63, 3.8) is 0 Å². The van der Waals surface area contributed by atoms with Crippen LogP contribution in [-0.2, 0) is 19.6 Å². The third-order valence-corrected chi connectivity index (χ3v) is 3.33. The number of anilines is 1. The summed E-state index contributed by atoms with van der Waals surface area (Å²) < 4.78 is 0. The Labute approximate surface area is 116 Å². The molecule has 1 aliphatic heterocycles. The highest BCUT2D eigenvalue weighted by atomic mass is 16.6. The number of benzene rings is 1. The summed E-state index contributed by atoms with van der Waals surface area (Å²) in [5.41, 5.74) is 4.65. The maximum Gasteiger partial charge on any atom is 0.363 e. The van der Waals surface area contributed by atoms with Crippen molar-refractivity contribution in [2.24, 2.45) is 0 Å². The molecular formula is C14H14N4O2. The van der Waals surface area contributed by atoms with Crippen molar-refractivity contribution in [1.29, 1.82) is 0 Å². The molecule has 0 amide bonds. The highest BCUT2D eigenvalue weighted by Gasteiger charge is 2.10. The van der Waals surface area contributed by atoms with Gasteiger partial charge in [0.15, 0.2) is 6.20 Å². The van der Waals surface area contributed by atoms with Crippen molar-refractivity contribution in [2.45, 2.75) is 19.6 Å². The zero-order valence-electron chi connectivity index (χ0n) is 10.8. The van der Waals surface area contributed by atoms with Gasteiger partial charge < -0.3 is 20.7 Å². The molecule has 20 heavy (non-hydrogen) atoms. The van der Waals surface area contributed by atoms with Crippen molar-refractivity contribution >= 4 is 11.5 Å². The van der Waals surface area contributed by atoms with Crippen LogP contribution >= 0.6 is 0 Å². The molecule has 0 radical (unpaired) electrons. The summed E-state index contributed by atoms with van der Waals surface area (Å²) in [4.78, 5) is 13.8.